The number of carboxylic acids is 1. The van der Waals surface area contributed by atoms with Gasteiger partial charge in [-0.1, -0.05) is 17.7 Å². The molecule has 0 spiro atoms. The molecule has 0 aliphatic heterocycles. The van der Waals surface area contributed by atoms with Crippen LogP contribution in [0.25, 0.3) is 0 Å². The van der Waals surface area contributed by atoms with E-state index in [1.54, 1.807) is 13.0 Å². The Kier molecular flexibility index (Phi) is 3.10. The number of hydrogen-bond acceptors (Lipinski definition) is 2. The zero-order valence-corrected chi connectivity index (χ0v) is 8.25. The van der Waals surface area contributed by atoms with E-state index in [1.165, 1.54) is 12.1 Å². The fraction of sp³-hybridized carbons (Fsp3) is 0.200. The third kappa shape index (κ3) is 2.04. The van der Waals surface area contributed by atoms with E-state index in [2.05, 4.69) is 0 Å². The molecule has 0 amide bonds. The molecule has 1 aromatic rings. The van der Waals surface area contributed by atoms with E-state index in [0.29, 0.717) is 11.1 Å². The highest BCUT2D eigenvalue weighted by Crippen LogP contribution is 2.22. The molecule has 1 rings (SSSR count). The summed E-state index contributed by atoms with van der Waals surface area (Å²) in [4.78, 5) is 10.7. The van der Waals surface area contributed by atoms with Crippen molar-refractivity contribution in [3.63, 3.8) is 0 Å². The highest BCUT2D eigenvalue weighted by Gasteiger charge is 2.14. The second-order valence-electron chi connectivity index (χ2n) is 2.91. The molecule has 0 aromatic heterocycles. The molecule has 0 fully saturated rings. The summed E-state index contributed by atoms with van der Waals surface area (Å²) in [5, 5.41) is 17.6. The van der Waals surface area contributed by atoms with Crippen molar-refractivity contribution in [2.24, 2.45) is 0 Å². The van der Waals surface area contributed by atoms with Crippen molar-refractivity contribution in [3.8, 4) is 6.07 Å². The quantitative estimate of drug-likeness (QED) is 0.814. The number of nitrogens with zero attached hydrogens (tertiary/aromatic N) is 1. The van der Waals surface area contributed by atoms with Gasteiger partial charge in [0, 0.05) is 0 Å². The zero-order valence-electron chi connectivity index (χ0n) is 7.49. The monoisotopic (exact) mass is 209 g/mol. The van der Waals surface area contributed by atoms with E-state index >= 15 is 0 Å². The van der Waals surface area contributed by atoms with Crippen LogP contribution in [0.1, 0.15) is 24.0 Å². The molecular formula is C10H8ClNO2. The second kappa shape index (κ2) is 4.12. The van der Waals surface area contributed by atoms with Gasteiger partial charge in [0.2, 0.25) is 0 Å². The maximum Gasteiger partial charge on any atom is 0.310 e. The number of benzene rings is 1. The lowest BCUT2D eigenvalue weighted by Crippen LogP contribution is -2.07. The molecule has 1 aromatic carbocycles. The molecule has 4 heteroatoms. The molecule has 3 nitrogen and oxygen atoms in total. The second-order valence-corrected chi connectivity index (χ2v) is 3.32. The molecule has 0 bridgehead atoms. The van der Waals surface area contributed by atoms with Gasteiger partial charge >= 0.3 is 5.97 Å². The van der Waals surface area contributed by atoms with E-state index in [0.717, 1.165) is 0 Å². The van der Waals surface area contributed by atoms with Gasteiger partial charge in [-0.25, -0.2) is 0 Å². The smallest absolute Gasteiger partial charge is 0.310 e. The summed E-state index contributed by atoms with van der Waals surface area (Å²) < 4.78 is 0. The van der Waals surface area contributed by atoms with Crippen molar-refractivity contribution in [3.05, 3.63) is 34.3 Å². The van der Waals surface area contributed by atoms with Crippen molar-refractivity contribution < 1.29 is 9.90 Å². The third-order valence-electron chi connectivity index (χ3n) is 1.98. The third-order valence-corrected chi connectivity index (χ3v) is 2.30. The zero-order chi connectivity index (χ0) is 10.7. The molecule has 1 N–H and O–H groups in total. The van der Waals surface area contributed by atoms with Crippen LogP contribution in [0, 0.1) is 11.3 Å². The molecule has 0 aliphatic rings. The van der Waals surface area contributed by atoms with Gasteiger partial charge in [0.1, 0.15) is 6.07 Å². The number of hydrogen-bond donors (Lipinski definition) is 1. The highest BCUT2D eigenvalue weighted by molar-refractivity contribution is 6.31. The minimum absolute atomic E-state index is 0.290. The van der Waals surface area contributed by atoms with Gasteiger partial charge < -0.3 is 5.11 Å². The van der Waals surface area contributed by atoms with Crippen LogP contribution in [0.2, 0.25) is 5.02 Å². The Morgan fingerprint density at radius 2 is 2.29 bits per heavy atom. The molecule has 0 saturated carbocycles. The summed E-state index contributed by atoms with van der Waals surface area (Å²) in [6.07, 6.45) is 0. The van der Waals surface area contributed by atoms with Gasteiger partial charge in [-0.3, -0.25) is 4.79 Å². The van der Waals surface area contributed by atoms with Gasteiger partial charge in [-0.2, -0.15) is 5.26 Å². The van der Waals surface area contributed by atoms with Crippen LogP contribution in [0.5, 0.6) is 0 Å². The van der Waals surface area contributed by atoms with Crippen molar-refractivity contribution in [1.82, 2.24) is 0 Å². The normalized spacial score (nSPS) is 11.8. The summed E-state index contributed by atoms with van der Waals surface area (Å²) >= 11 is 5.76. The molecule has 72 valence electrons. The highest BCUT2D eigenvalue weighted by atomic mass is 35.5. The molecule has 14 heavy (non-hydrogen) atoms. The largest absolute Gasteiger partial charge is 0.481 e. The number of halogens is 1. The minimum Gasteiger partial charge on any atom is -0.481 e. The summed E-state index contributed by atoms with van der Waals surface area (Å²) in [5.41, 5.74) is 0.953. The Bertz CT molecular complexity index is 409. The van der Waals surface area contributed by atoms with Crippen LogP contribution in [-0.4, -0.2) is 11.1 Å². The molecule has 0 unspecified atom stereocenters. The first kappa shape index (κ1) is 10.6. The van der Waals surface area contributed by atoms with Gasteiger partial charge in [-0.05, 0) is 24.6 Å². The first-order valence-electron chi connectivity index (χ1n) is 3.98. The van der Waals surface area contributed by atoms with E-state index in [-0.39, 0.29) is 5.02 Å². The topological polar surface area (TPSA) is 61.1 Å². The van der Waals surface area contributed by atoms with Gasteiger partial charge in [-0.15, -0.1) is 0 Å². The average molecular weight is 210 g/mol. The van der Waals surface area contributed by atoms with E-state index in [1.807, 2.05) is 6.07 Å². The standard InChI is InChI=1S/C10H8ClNO2/c1-6(10(13)14)7-2-3-8(5-12)9(11)4-7/h2-4,6H,1H3,(H,13,14)/t6-/m1/s1. The van der Waals surface area contributed by atoms with Crippen LogP contribution in [0.4, 0.5) is 0 Å². The maximum absolute atomic E-state index is 10.7. The SMILES string of the molecule is C[C@@H](C(=O)O)c1ccc(C#N)c(Cl)c1. The lowest BCUT2D eigenvalue weighted by Gasteiger charge is -2.06. The summed E-state index contributed by atoms with van der Waals surface area (Å²) in [7, 11) is 0. The number of aliphatic carboxylic acids is 1. The maximum atomic E-state index is 10.7. The number of nitriles is 1. The molecule has 0 saturated heterocycles. The molecular weight excluding hydrogens is 202 g/mol. The van der Waals surface area contributed by atoms with Gasteiger partial charge in [0.15, 0.2) is 0 Å². The molecule has 0 heterocycles. The number of rotatable bonds is 2. The Hall–Kier alpha value is -1.53. The lowest BCUT2D eigenvalue weighted by atomic mass is 10.0. The fourth-order valence-electron chi connectivity index (χ4n) is 1.03. The molecule has 1 atom stereocenters. The minimum atomic E-state index is -0.911. The number of carbonyl (C=O) groups is 1. The van der Waals surface area contributed by atoms with E-state index < -0.39 is 11.9 Å². The van der Waals surface area contributed by atoms with E-state index in [4.69, 9.17) is 22.0 Å². The Morgan fingerprint density at radius 3 is 2.71 bits per heavy atom. The Balaban J connectivity index is 3.10. The van der Waals surface area contributed by atoms with Crippen LogP contribution in [0.15, 0.2) is 18.2 Å². The van der Waals surface area contributed by atoms with E-state index in [9.17, 15) is 4.79 Å². The summed E-state index contributed by atoms with van der Waals surface area (Å²) in [5.74, 6) is -1.52. The van der Waals surface area contributed by atoms with Crippen LogP contribution in [-0.2, 0) is 4.79 Å². The average Bonchev–Trinajstić information content (AvgIpc) is 2.16. The van der Waals surface area contributed by atoms with Crippen LogP contribution in [0.3, 0.4) is 0 Å². The van der Waals surface area contributed by atoms with Crippen molar-refractivity contribution in [2.75, 3.05) is 0 Å². The number of carboxylic acid groups (broad SMARTS) is 1. The van der Waals surface area contributed by atoms with Crippen molar-refractivity contribution >= 4 is 17.6 Å². The summed E-state index contributed by atoms with van der Waals surface area (Å²) in [6.45, 7) is 1.57. The first-order valence-corrected chi connectivity index (χ1v) is 4.36. The Morgan fingerprint density at radius 1 is 1.64 bits per heavy atom. The van der Waals surface area contributed by atoms with Crippen molar-refractivity contribution in [1.29, 1.82) is 5.26 Å². The Labute approximate surface area is 86.5 Å². The summed E-state index contributed by atoms with van der Waals surface area (Å²) in [6, 6.07) is 6.55. The molecule has 0 aliphatic carbocycles. The van der Waals surface area contributed by atoms with Crippen LogP contribution >= 0.6 is 11.6 Å². The first-order chi connectivity index (χ1) is 6.56. The van der Waals surface area contributed by atoms with Gasteiger partial charge in [0.05, 0.1) is 16.5 Å². The predicted octanol–water partition coefficient (Wildman–Crippen LogP) is 2.40. The predicted molar refractivity (Wildman–Crippen MR) is 52.2 cm³/mol. The van der Waals surface area contributed by atoms with Crippen molar-refractivity contribution in [2.45, 2.75) is 12.8 Å². The molecule has 0 radical (unpaired) electrons. The van der Waals surface area contributed by atoms with Crippen LogP contribution < -0.4 is 0 Å². The fourth-order valence-corrected chi connectivity index (χ4v) is 1.27. The van der Waals surface area contributed by atoms with Gasteiger partial charge in [0.25, 0.3) is 0 Å². The lowest BCUT2D eigenvalue weighted by molar-refractivity contribution is -0.138.